The second kappa shape index (κ2) is 10.4. The van der Waals surface area contributed by atoms with Gasteiger partial charge in [0.25, 0.3) is 11.8 Å². The molecule has 7 heteroatoms. The molecule has 0 saturated heterocycles. The van der Waals surface area contributed by atoms with E-state index < -0.39 is 0 Å². The van der Waals surface area contributed by atoms with Crippen LogP contribution in [0.1, 0.15) is 32.2 Å². The molecule has 0 atom stereocenters. The molecule has 7 nitrogen and oxygen atoms in total. The van der Waals surface area contributed by atoms with E-state index in [2.05, 4.69) is 15.3 Å². The summed E-state index contributed by atoms with van der Waals surface area (Å²) in [5.74, 6) is 0.159. The summed E-state index contributed by atoms with van der Waals surface area (Å²) in [6.07, 6.45) is 0.581. The van der Waals surface area contributed by atoms with Crippen molar-refractivity contribution in [3.63, 3.8) is 0 Å². The quantitative estimate of drug-likeness (QED) is 0.281. The monoisotopic (exact) mass is 514 g/mol. The highest BCUT2D eigenvalue weighted by Crippen LogP contribution is 2.36. The summed E-state index contributed by atoms with van der Waals surface area (Å²) in [7, 11) is 0. The standard InChI is InChI=1S/C32H26N4O3/c37-20-29-34-27-18-19-36(28-13-7-6-12-26(28)30(27)35-29)32(39)22-14-16-23(17-15-22)33-31(38)25-11-5-4-10-24(25)21-8-2-1-3-9-21/h1-17,37H,18-20H2,(H,33,38)(H,34,35). The zero-order chi connectivity index (χ0) is 26.8. The van der Waals surface area contributed by atoms with Crippen LogP contribution in [0.15, 0.2) is 103 Å². The van der Waals surface area contributed by atoms with Gasteiger partial charge in [-0.1, -0.05) is 66.7 Å². The number of rotatable bonds is 5. The van der Waals surface area contributed by atoms with Crippen LogP contribution in [-0.4, -0.2) is 33.4 Å². The molecule has 0 unspecified atom stereocenters. The van der Waals surface area contributed by atoms with E-state index in [1.807, 2.05) is 72.8 Å². The minimum absolute atomic E-state index is 0.137. The highest BCUT2D eigenvalue weighted by molar-refractivity contribution is 6.10. The summed E-state index contributed by atoms with van der Waals surface area (Å²) >= 11 is 0. The Morgan fingerprint density at radius 2 is 1.54 bits per heavy atom. The van der Waals surface area contributed by atoms with Crippen LogP contribution in [0.4, 0.5) is 11.4 Å². The van der Waals surface area contributed by atoms with Gasteiger partial charge in [-0.2, -0.15) is 0 Å². The first-order valence-corrected chi connectivity index (χ1v) is 12.8. The van der Waals surface area contributed by atoms with E-state index in [9.17, 15) is 14.7 Å². The molecule has 2 heterocycles. The Balaban J connectivity index is 1.23. The van der Waals surface area contributed by atoms with Crippen molar-refractivity contribution >= 4 is 23.2 Å². The Labute approximate surface area is 225 Å². The summed E-state index contributed by atoms with van der Waals surface area (Å²) < 4.78 is 0. The first-order valence-electron chi connectivity index (χ1n) is 12.8. The van der Waals surface area contributed by atoms with Crippen LogP contribution in [0.3, 0.4) is 0 Å². The van der Waals surface area contributed by atoms with Gasteiger partial charge in [0, 0.05) is 41.0 Å². The van der Waals surface area contributed by atoms with E-state index in [0.717, 1.165) is 33.8 Å². The maximum Gasteiger partial charge on any atom is 0.258 e. The average molecular weight is 515 g/mol. The highest BCUT2D eigenvalue weighted by Gasteiger charge is 2.27. The molecule has 0 spiro atoms. The first kappa shape index (κ1) is 24.3. The molecule has 0 radical (unpaired) electrons. The second-order valence-corrected chi connectivity index (χ2v) is 9.34. The molecule has 3 N–H and O–H groups in total. The number of anilines is 2. The molecule has 1 aliphatic rings. The number of para-hydroxylation sites is 1. The number of nitrogens with one attached hydrogen (secondary N) is 2. The number of aromatic amines is 1. The number of imidazole rings is 1. The Hall–Kier alpha value is -5.01. The lowest BCUT2D eigenvalue weighted by atomic mass is 9.99. The van der Waals surface area contributed by atoms with E-state index >= 15 is 0 Å². The zero-order valence-corrected chi connectivity index (χ0v) is 21.1. The van der Waals surface area contributed by atoms with E-state index in [0.29, 0.717) is 35.6 Å². The lowest BCUT2D eigenvalue weighted by molar-refractivity contribution is 0.0986. The second-order valence-electron chi connectivity index (χ2n) is 9.34. The Bertz CT molecular complexity index is 1660. The van der Waals surface area contributed by atoms with Crippen LogP contribution < -0.4 is 10.2 Å². The van der Waals surface area contributed by atoms with Crippen molar-refractivity contribution in [2.45, 2.75) is 13.0 Å². The lowest BCUT2D eigenvalue weighted by Gasteiger charge is -2.23. The number of benzene rings is 4. The molecule has 1 aliphatic heterocycles. The van der Waals surface area contributed by atoms with Gasteiger partial charge in [-0.15, -0.1) is 0 Å². The number of aromatic nitrogens is 2. The normalized spacial score (nSPS) is 12.3. The Kier molecular flexibility index (Phi) is 6.49. The van der Waals surface area contributed by atoms with Gasteiger partial charge >= 0.3 is 0 Å². The minimum Gasteiger partial charge on any atom is -0.388 e. The third kappa shape index (κ3) is 4.71. The fourth-order valence-corrected chi connectivity index (χ4v) is 5.01. The van der Waals surface area contributed by atoms with Crippen LogP contribution in [-0.2, 0) is 13.0 Å². The van der Waals surface area contributed by atoms with Crippen molar-refractivity contribution in [1.29, 1.82) is 0 Å². The van der Waals surface area contributed by atoms with Gasteiger partial charge in [0.15, 0.2) is 0 Å². The molecular weight excluding hydrogens is 488 g/mol. The van der Waals surface area contributed by atoms with Crippen LogP contribution in [0.2, 0.25) is 0 Å². The molecule has 192 valence electrons. The summed E-state index contributed by atoms with van der Waals surface area (Å²) in [6, 6.07) is 31.9. The van der Waals surface area contributed by atoms with Gasteiger partial charge < -0.3 is 20.3 Å². The van der Waals surface area contributed by atoms with E-state index in [4.69, 9.17) is 0 Å². The number of aliphatic hydroxyl groups excluding tert-OH is 1. The predicted octanol–water partition coefficient (Wildman–Crippen LogP) is 5.69. The molecule has 1 aromatic heterocycles. The Morgan fingerprint density at radius 1 is 0.846 bits per heavy atom. The third-order valence-corrected chi connectivity index (χ3v) is 6.90. The third-order valence-electron chi connectivity index (χ3n) is 6.90. The first-order chi connectivity index (χ1) is 19.1. The molecule has 2 amide bonds. The van der Waals surface area contributed by atoms with Crippen molar-refractivity contribution in [3.05, 3.63) is 126 Å². The summed E-state index contributed by atoms with van der Waals surface area (Å²) in [5.41, 5.74) is 6.79. The smallest absolute Gasteiger partial charge is 0.258 e. The van der Waals surface area contributed by atoms with Gasteiger partial charge in [0.05, 0.1) is 11.4 Å². The van der Waals surface area contributed by atoms with Gasteiger partial charge in [-0.3, -0.25) is 9.59 Å². The highest BCUT2D eigenvalue weighted by atomic mass is 16.3. The van der Waals surface area contributed by atoms with Crippen molar-refractivity contribution in [2.75, 3.05) is 16.8 Å². The van der Waals surface area contributed by atoms with Gasteiger partial charge in [0.2, 0.25) is 0 Å². The molecule has 6 rings (SSSR count). The molecule has 0 bridgehead atoms. The molecular formula is C32H26N4O3. The van der Waals surface area contributed by atoms with E-state index in [-0.39, 0.29) is 18.4 Å². The summed E-state index contributed by atoms with van der Waals surface area (Å²) in [6.45, 7) is 0.295. The van der Waals surface area contributed by atoms with Gasteiger partial charge in [-0.25, -0.2) is 4.98 Å². The zero-order valence-electron chi connectivity index (χ0n) is 21.1. The van der Waals surface area contributed by atoms with Crippen molar-refractivity contribution in [2.24, 2.45) is 0 Å². The molecule has 5 aromatic rings. The predicted molar refractivity (Wildman–Crippen MR) is 152 cm³/mol. The van der Waals surface area contributed by atoms with Crippen LogP contribution >= 0.6 is 0 Å². The van der Waals surface area contributed by atoms with Crippen molar-refractivity contribution < 1.29 is 14.7 Å². The van der Waals surface area contributed by atoms with E-state index in [1.54, 1.807) is 35.2 Å². The fraction of sp³-hybridized carbons (Fsp3) is 0.0938. The topological polar surface area (TPSA) is 98.3 Å². The number of carbonyl (C=O) groups excluding carboxylic acids is 2. The Morgan fingerprint density at radius 3 is 2.31 bits per heavy atom. The van der Waals surface area contributed by atoms with Crippen molar-refractivity contribution in [1.82, 2.24) is 9.97 Å². The number of H-pyrrole nitrogens is 1. The molecule has 4 aromatic carbocycles. The number of amides is 2. The summed E-state index contributed by atoms with van der Waals surface area (Å²) in [4.78, 5) is 36.3. The maximum atomic E-state index is 13.6. The van der Waals surface area contributed by atoms with Crippen molar-refractivity contribution in [3.8, 4) is 22.4 Å². The van der Waals surface area contributed by atoms with Gasteiger partial charge in [-0.05, 0) is 47.5 Å². The molecule has 39 heavy (non-hydrogen) atoms. The summed E-state index contributed by atoms with van der Waals surface area (Å²) in [5, 5.41) is 12.5. The number of carbonyl (C=O) groups is 2. The van der Waals surface area contributed by atoms with Crippen LogP contribution in [0.5, 0.6) is 0 Å². The average Bonchev–Trinajstić information content (AvgIpc) is 3.35. The molecule has 0 aliphatic carbocycles. The maximum absolute atomic E-state index is 13.6. The SMILES string of the molecule is O=C(Nc1ccc(C(=O)N2CCc3[nH]c(CO)nc3-c3ccccc32)cc1)c1ccccc1-c1ccccc1. The van der Waals surface area contributed by atoms with Crippen LogP contribution in [0, 0.1) is 0 Å². The number of fused-ring (bicyclic) bond motifs is 3. The largest absolute Gasteiger partial charge is 0.388 e. The number of aliphatic hydroxyl groups is 1. The number of nitrogens with zero attached hydrogens (tertiary/aromatic N) is 2. The van der Waals surface area contributed by atoms with Gasteiger partial charge in [0.1, 0.15) is 12.4 Å². The molecule has 0 saturated carbocycles. The lowest BCUT2D eigenvalue weighted by Crippen LogP contribution is -2.32. The number of hydrogen-bond acceptors (Lipinski definition) is 4. The fourth-order valence-electron chi connectivity index (χ4n) is 5.01. The number of hydrogen-bond donors (Lipinski definition) is 3. The van der Waals surface area contributed by atoms with E-state index in [1.165, 1.54) is 0 Å². The van der Waals surface area contributed by atoms with Crippen LogP contribution in [0.25, 0.3) is 22.4 Å². The molecule has 0 fully saturated rings. The minimum atomic E-state index is -0.217.